The molecular weight excluding hydrogens is 198 g/mol. The molecule has 0 aliphatic carbocycles. The Labute approximate surface area is 89.9 Å². The fourth-order valence-corrected chi connectivity index (χ4v) is 3.00. The number of hydrogen-bond acceptors (Lipinski definition) is 3. The molecule has 0 spiro atoms. The number of carboxylic acid groups (broad SMARTS) is 1. The second kappa shape index (κ2) is 5.61. The normalized spacial score (nSPS) is 26.0. The summed E-state index contributed by atoms with van der Waals surface area (Å²) >= 11 is 1.75. The first-order valence-electron chi connectivity index (χ1n) is 5.23. The van der Waals surface area contributed by atoms with Gasteiger partial charge in [-0.15, -0.1) is 0 Å². The minimum atomic E-state index is -0.667. The van der Waals surface area contributed by atoms with Crippen molar-refractivity contribution in [1.82, 2.24) is 4.90 Å². The van der Waals surface area contributed by atoms with E-state index in [2.05, 4.69) is 18.7 Å². The number of carboxylic acids is 1. The summed E-state index contributed by atoms with van der Waals surface area (Å²) in [6.07, 6.45) is 2.21. The Balaban J connectivity index is 2.57. The van der Waals surface area contributed by atoms with E-state index in [1.807, 2.05) is 0 Å². The molecule has 4 heteroatoms. The van der Waals surface area contributed by atoms with Gasteiger partial charge in [0.05, 0.1) is 0 Å². The van der Waals surface area contributed by atoms with Crippen LogP contribution < -0.4 is 0 Å². The van der Waals surface area contributed by atoms with Crippen LogP contribution in [0.4, 0.5) is 0 Å². The molecule has 1 heterocycles. The standard InChI is InChI=1S/C10H19NO2S/c1-3-4-8(2)11-5-6-14-7-9(11)10(12)13/h8-9H,3-7H2,1-2H3,(H,12,13). The average Bonchev–Trinajstić information content (AvgIpc) is 2.18. The minimum absolute atomic E-state index is 0.268. The Hall–Kier alpha value is -0.220. The molecule has 1 aliphatic heterocycles. The van der Waals surface area contributed by atoms with Crippen LogP contribution >= 0.6 is 11.8 Å². The largest absolute Gasteiger partial charge is 0.480 e. The molecular formula is C10H19NO2S. The van der Waals surface area contributed by atoms with Crippen molar-refractivity contribution in [3.63, 3.8) is 0 Å². The molecule has 1 saturated heterocycles. The second-order valence-corrected chi connectivity index (χ2v) is 4.95. The highest BCUT2D eigenvalue weighted by molar-refractivity contribution is 7.99. The average molecular weight is 217 g/mol. The van der Waals surface area contributed by atoms with E-state index in [1.54, 1.807) is 11.8 Å². The van der Waals surface area contributed by atoms with Gasteiger partial charge in [0.15, 0.2) is 0 Å². The highest BCUT2D eigenvalue weighted by Crippen LogP contribution is 2.20. The van der Waals surface area contributed by atoms with Crippen LogP contribution in [0.1, 0.15) is 26.7 Å². The molecule has 82 valence electrons. The Kier molecular flexibility index (Phi) is 4.75. The highest BCUT2D eigenvalue weighted by atomic mass is 32.2. The first-order valence-corrected chi connectivity index (χ1v) is 6.38. The summed E-state index contributed by atoms with van der Waals surface area (Å²) in [6, 6.07) is 0.136. The maximum Gasteiger partial charge on any atom is 0.321 e. The zero-order valence-corrected chi connectivity index (χ0v) is 9.72. The van der Waals surface area contributed by atoms with Crippen molar-refractivity contribution < 1.29 is 9.90 Å². The molecule has 0 saturated carbocycles. The van der Waals surface area contributed by atoms with Crippen LogP contribution in [0, 0.1) is 0 Å². The summed E-state index contributed by atoms with van der Waals surface area (Å²) in [4.78, 5) is 13.2. The summed E-state index contributed by atoms with van der Waals surface area (Å²) in [7, 11) is 0. The smallest absolute Gasteiger partial charge is 0.321 e. The van der Waals surface area contributed by atoms with E-state index in [1.165, 1.54) is 0 Å². The molecule has 3 nitrogen and oxygen atoms in total. The topological polar surface area (TPSA) is 40.5 Å². The molecule has 0 bridgehead atoms. The van der Waals surface area contributed by atoms with E-state index in [0.29, 0.717) is 6.04 Å². The van der Waals surface area contributed by atoms with E-state index in [0.717, 1.165) is 30.9 Å². The predicted octanol–water partition coefficient (Wildman–Crippen LogP) is 1.68. The van der Waals surface area contributed by atoms with Gasteiger partial charge < -0.3 is 5.11 Å². The van der Waals surface area contributed by atoms with Crippen LogP contribution in [-0.2, 0) is 4.79 Å². The first kappa shape index (κ1) is 11.9. The van der Waals surface area contributed by atoms with Crippen LogP contribution in [0.25, 0.3) is 0 Å². The minimum Gasteiger partial charge on any atom is -0.480 e. The van der Waals surface area contributed by atoms with E-state index in [-0.39, 0.29) is 6.04 Å². The van der Waals surface area contributed by atoms with Crippen molar-refractivity contribution in [3.05, 3.63) is 0 Å². The fourth-order valence-electron chi connectivity index (χ4n) is 1.94. The Morgan fingerprint density at radius 3 is 3.00 bits per heavy atom. The Morgan fingerprint density at radius 1 is 1.71 bits per heavy atom. The third-order valence-corrected chi connectivity index (χ3v) is 3.75. The highest BCUT2D eigenvalue weighted by Gasteiger charge is 2.31. The lowest BCUT2D eigenvalue weighted by molar-refractivity contribution is -0.143. The van der Waals surface area contributed by atoms with Gasteiger partial charge in [-0.05, 0) is 13.3 Å². The van der Waals surface area contributed by atoms with Crippen LogP contribution in [0.15, 0.2) is 0 Å². The summed E-state index contributed by atoms with van der Waals surface area (Å²) in [5, 5.41) is 9.07. The fraction of sp³-hybridized carbons (Fsp3) is 0.900. The number of nitrogens with zero attached hydrogens (tertiary/aromatic N) is 1. The maximum atomic E-state index is 11.0. The third kappa shape index (κ3) is 2.89. The van der Waals surface area contributed by atoms with E-state index in [4.69, 9.17) is 5.11 Å². The van der Waals surface area contributed by atoms with Crippen molar-refractivity contribution in [2.45, 2.75) is 38.8 Å². The first-order chi connectivity index (χ1) is 6.66. The Bertz CT molecular complexity index is 199. The molecule has 1 fully saturated rings. The number of aliphatic carboxylic acids is 1. The summed E-state index contributed by atoms with van der Waals surface area (Å²) < 4.78 is 0. The second-order valence-electron chi connectivity index (χ2n) is 3.80. The molecule has 0 radical (unpaired) electrons. The zero-order chi connectivity index (χ0) is 10.6. The molecule has 2 unspecified atom stereocenters. The van der Waals surface area contributed by atoms with E-state index < -0.39 is 5.97 Å². The molecule has 1 rings (SSSR count). The molecule has 0 aromatic heterocycles. The number of rotatable bonds is 4. The van der Waals surface area contributed by atoms with Gasteiger partial charge in [-0.25, -0.2) is 0 Å². The SMILES string of the molecule is CCCC(C)N1CCSCC1C(=O)O. The molecule has 14 heavy (non-hydrogen) atoms. The van der Waals surface area contributed by atoms with Crippen molar-refractivity contribution >= 4 is 17.7 Å². The van der Waals surface area contributed by atoms with Crippen molar-refractivity contribution in [2.75, 3.05) is 18.1 Å². The Morgan fingerprint density at radius 2 is 2.43 bits per heavy atom. The number of hydrogen-bond donors (Lipinski definition) is 1. The van der Waals surface area contributed by atoms with Gasteiger partial charge >= 0.3 is 5.97 Å². The summed E-state index contributed by atoms with van der Waals surface area (Å²) in [6.45, 7) is 5.20. The van der Waals surface area contributed by atoms with Gasteiger partial charge in [0, 0.05) is 24.1 Å². The lowest BCUT2D eigenvalue weighted by Gasteiger charge is -2.37. The van der Waals surface area contributed by atoms with Gasteiger partial charge in [0.2, 0.25) is 0 Å². The van der Waals surface area contributed by atoms with Gasteiger partial charge in [0.1, 0.15) is 6.04 Å². The molecule has 0 amide bonds. The van der Waals surface area contributed by atoms with Crippen LogP contribution in [0.5, 0.6) is 0 Å². The van der Waals surface area contributed by atoms with Gasteiger partial charge in [-0.2, -0.15) is 11.8 Å². The summed E-state index contributed by atoms with van der Waals surface area (Å²) in [5.74, 6) is 1.14. The van der Waals surface area contributed by atoms with Crippen molar-refractivity contribution in [3.8, 4) is 0 Å². The quantitative estimate of drug-likeness (QED) is 0.778. The van der Waals surface area contributed by atoms with Crippen LogP contribution in [-0.4, -0.2) is 46.1 Å². The van der Waals surface area contributed by atoms with Gasteiger partial charge in [0.25, 0.3) is 0 Å². The van der Waals surface area contributed by atoms with Gasteiger partial charge in [-0.3, -0.25) is 9.69 Å². The predicted molar refractivity (Wildman–Crippen MR) is 59.8 cm³/mol. The lowest BCUT2D eigenvalue weighted by Crippen LogP contribution is -2.51. The zero-order valence-electron chi connectivity index (χ0n) is 8.90. The van der Waals surface area contributed by atoms with Crippen molar-refractivity contribution in [2.24, 2.45) is 0 Å². The number of thioether (sulfide) groups is 1. The van der Waals surface area contributed by atoms with E-state index >= 15 is 0 Å². The molecule has 0 aromatic carbocycles. The van der Waals surface area contributed by atoms with E-state index in [9.17, 15) is 4.79 Å². The van der Waals surface area contributed by atoms with Crippen LogP contribution in [0.2, 0.25) is 0 Å². The lowest BCUT2D eigenvalue weighted by atomic mass is 10.1. The monoisotopic (exact) mass is 217 g/mol. The number of carbonyl (C=O) groups is 1. The molecule has 2 atom stereocenters. The van der Waals surface area contributed by atoms with Gasteiger partial charge in [-0.1, -0.05) is 13.3 Å². The van der Waals surface area contributed by atoms with Crippen LogP contribution in [0.3, 0.4) is 0 Å². The molecule has 1 aliphatic rings. The molecule has 1 N–H and O–H groups in total. The van der Waals surface area contributed by atoms with Crippen molar-refractivity contribution in [1.29, 1.82) is 0 Å². The third-order valence-electron chi connectivity index (χ3n) is 2.73. The molecule has 0 aromatic rings. The summed E-state index contributed by atoms with van der Waals surface area (Å²) in [5.41, 5.74) is 0. The maximum absolute atomic E-state index is 11.0.